The van der Waals surface area contributed by atoms with Crippen molar-refractivity contribution in [3.05, 3.63) is 0 Å². The van der Waals surface area contributed by atoms with Crippen LogP contribution in [0.1, 0.15) is 84.0 Å². The van der Waals surface area contributed by atoms with E-state index in [4.69, 9.17) is 24.1 Å². The summed E-state index contributed by atoms with van der Waals surface area (Å²) in [5.74, 6) is -0.941. The standard InChI is InChI=1S/C27H50N2O9/c1-24(30)22-37-20-18-36-17-15-29-26(32)23-38-21-19-35-16-14-28-25(31)12-10-8-6-4-2-3-5-7-9-11-13-27(33)34/h2-23H2,1H3,(H,28,31)(H,29,32)(H,33,34). The van der Waals surface area contributed by atoms with Gasteiger partial charge in [0.1, 0.15) is 13.2 Å². The molecule has 222 valence electrons. The number of ketones is 1. The summed E-state index contributed by atoms with van der Waals surface area (Å²) in [6.07, 6.45) is 11.5. The molecule has 38 heavy (non-hydrogen) atoms. The summed E-state index contributed by atoms with van der Waals surface area (Å²) in [5, 5.41) is 14.1. The molecule has 0 radical (unpaired) electrons. The second kappa shape index (κ2) is 27.9. The van der Waals surface area contributed by atoms with E-state index in [0.29, 0.717) is 52.5 Å². The average Bonchev–Trinajstić information content (AvgIpc) is 2.87. The van der Waals surface area contributed by atoms with Crippen LogP contribution in [-0.4, -0.2) is 94.6 Å². The first-order valence-electron chi connectivity index (χ1n) is 14.0. The van der Waals surface area contributed by atoms with E-state index >= 15 is 0 Å². The predicted molar refractivity (Wildman–Crippen MR) is 143 cm³/mol. The zero-order valence-corrected chi connectivity index (χ0v) is 23.3. The summed E-state index contributed by atoms with van der Waals surface area (Å²) < 4.78 is 21.0. The fourth-order valence-corrected chi connectivity index (χ4v) is 3.46. The molecule has 0 aliphatic heterocycles. The van der Waals surface area contributed by atoms with E-state index in [9.17, 15) is 19.2 Å². The van der Waals surface area contributed by atoms with E-state index in [0.717, 1.165) is 38.5 Å². The number of aliphatic carboxylic acids is 1. The lowest BCUT2D eigenvalue weighted by atomic mass is 10.1. The summed E-state index contributed by atoms with van der Waals surface area (Å²) in [4.78, 5) is 44.6. The number of unbranched alkanes of at least 4 members (excludes halogenated alkanes) is 9. The number of amides is 2. The fraction of sp³-hybridized carbons (Fsp3) is 0.852. The molecule has 11 nitrogen and oxygen atoms in total. The van der Waals surface area contributed by atoms with Gasteiger partial charge in [0.25, 0.3) is 0 Å². The first-order valence-corrected chi connectivity index (χ1v) is 14.0. The van der Waals surface area contributed by atoms with Gasteiger partial charge in [-0.1, -0.05) is 51.4 Å². The summed E-state index contributed by atoms with van der Waals surface area (Å²) in [6.45, 7) is 4.37. The molecule has 0 saturated heterocycles. The molecular formula is C27H50N2O9. The van der Waals surface area contributed by atoms with Gasteiger partial charge < -0.3 is 34.7 Å². The highest BCUT2D eigenvalue weighted by atomic mass is 16.5. The van der Waals surface area contributed by atoms with Crippen molar-refractivity contribution in [2.75, 3.05) is 65.9 Å². The molecule has 0 saturated carbocycles. The maximum Gasteiger partial charge on any atom is 0.303 e. The molecule has 0 atom stereocenters. The van der Waals surface area contributed by atoms with Crippen LogP contribution in [0.15, 0.2) is 0 Å². The Morgan fingerprint density at radius 1 is 0.526 bits per heavy atom. The molecule has 0 unspecified atom stereocenters. The predicted octanol–water partition coefficient (Wildman–Crippen LogP) is 2.64. The van der Waals surface area contributed by atoms with E-state index in [-0.39, 0.29) is 43.8 Å². The maximum atomic E-state index is 11.9. The number of carbonyl (C=O) groups is 4. The van der Waals surface area contributed by atoms with Crippen LogP contribution in [0.25, 0.3) is 0 Å². The lowest BCUT2D eigenvalue weighted by Gasteiger charge is -2.08. The highest BCUT2D eigenvalue weighted by Crippen LogP contribution is 2.12. The summed E-state index contributed by atoms with van der Waals surface area (Å²) in [7, 11) is 0. The number of carbonyl (C=O) groups excluding carboxylic acids is 3. The highest BCUT2D eigenvalue weighted by molar-refractivity contribution is 5.77. The Morgan fingerprint density at radius 2 is 0.947 bits per heavy atom. The Kier molecular flexibility index (Phi) is 26.4. The number of hydrogen-bond acceptors (Lipinski definition) is 8. The molecule has 0 bridgehead atoms. The number of hydrogen-bond donors (Lipinski definition) is 3. The molecule has 0 heterocycles. The Labute approximate surface area is 227 Å². The minimum atomic E-state index is -0.709. The van der Waals surface area contributed by atoms with Crippen LogP contribution in [0, 0.1) is 0 Å². The van der Waals surface area contributed by atoms with Crippen LogP contribution in [0.5, 0.6) is 0 Å². The number of carboxylic acids is 1. The number of ether oxygens (including phenoxy) is 4. The Morgan fingerprint density at radius 3 is 1.45 bits per heavy atom. The third-order valence-corrected chi connectivity index (χ3v) is 5.46. The van der Waals surface area contributed by atoms with Crippen molar-refractivity contribution in [2.24, 2.45) is 0 Å². The fourth-order valence-electron chi connectivity index (χ4n) is 3.46. The topological polar surface area (TPSA) is 149 Å². The van der Waals surface area contributed by atoms with Gasteiger partial charge in [-0.25, -0.2) is 0 Å². The van der Waals surface area contributed by atoms with E-state index in [2.05, 4.69) is 10.6 Å². The van der Waals surface area contributed by atoms with Crippen molar-refractivity contribution in [3.8, 4) is 0 Å². The van der Waals surface area contributed by atoms with Gasteiger partial charge in [0.2, 0.25) is 11.8 Å². The van der Waals surface area contributed by atoms with Crippen LogP contribution in [0.2, 0.25) is 0 Å². The maximum absolute atomic E-state index is 11.9. The molecule has 2 amide bonds. The average molecular weight is 547 g/mol. The summed E-state index contributed by atoms with van der Waals surface area (Å²) >= 11 is 0. The van der Waals surface area contributed by atoms with Crippen molar-refractivity contribution >= 4 is 23.6 Å². The van der Waals surface area contributed by atoms with E-state index in [1.807, 2.05) is 0 Å². The van der Waals surface area contributed by atoms with E-state index < -0.39 is 5.97 Å². The first-order chi connectivity index (χ1) is 18.4. The number of Topliss-reactive ketones (excluding diaryl/α,β-unsaturated/α-hetero) is 1. The van der Waals surface area contributed by atoms with Gasteiger partial charge in [-0.3, -0.25) is 19.2 Å². The van der Waals surface area contributed by atoms with Crippen molar-refractivity contribution in [3.63, 3.8) is 0 Å². The molecular weight excluding hydrogens is 496 g/mol. The van der Waals surface area contributed by atoms with Crippen molar-refractivity contribution in [2.45, 2.75) is 84.0 Å². The first kappa shape index (κ1) is 35.9. The van der Waals surface area contributed by atoms with Crippen LogP contribution < -0.4 is 10.6 Å². The molecule has 0 aliphatic carbocycles. The summed E-state index contributed by atoms with van der Waals surface area (Å²) in [6, 6.07) is 0. The highest BCUT2D eigenvalue weighted by Gasteiger charge is 2.03. The Hall–Kier alpha value is -2.08. The van der Waals surface area contributed by atoms with Crippen molar-refractivity contribution in [1.82, 2.24) is 10.6 Å². The monoisotopic (exact) mass is 546 g/mol. The molecule has 0 fully saturated rings. The van der Waals surface area contributed by atoms with Gasteiger partial charge in [0.15, 0.2) is 5.78 Å². The van der Waals surface area contributed by atoms with Gasteiger partial charge in [0, 0.05) is 25.9 Å². The zero-order chi connectivity index (χ0) is 28.1. The quantitative estimate of drug-likeness (QED) is 0.120. The number of carboxylic acid groups (broad SMARTS) is 1. The molecule has 0 aliphatic rings. The second-order valence-corrected chi connectivity index (χ2v) is 9.16. The van der Waals surface area contributed by atoms with Crippen LogP contribution in [0.3, 0.4) is 0 Å². The molecule has 3 N–H and O–H groups in total. The van der Waals surface area contributed by atoms with Crippen LogP contribution in [-0.2, 0) is 38.1 Å². The molecule has 0 aromatic rings. The second-order valence-electron chi connectivity index (χ2n) is 9.16. The van der Waals surface area contributed by atoms with Crippen molar-refractivity contribution < 1.29 is 43.2 Å². The van der Waals surface area contributed by atoms with Gasteiger partial charge in [-0.2, -0.15) is 0 Å². The zero-order valence-electron chi connectivity index (χ0n) is 23.3. The van der Waals surface area contributed by atoms with Gasteiger partial charge in [-0.15, -0.1) is 0 Å². The molecule has 0 aromatic heterocycles. The number of rotatable bonds is 29. The number of nitrogens with one attached hydrogen (secondary N) is 2. The normalized spacial score (nSPS) is 10.9. The van der Waals surface area contributed by atoms with Gasteiger partial charge in [-0.05, 0) is 19.8 Å². The van der Waals surface area contributed by atoms with Crippen LogP contribution in [0.4, 0.5) is 0 Å². The van der Waals surface area contributed by atoms with E-state index in [1.165, 1.54) is 32.6 Å². The smallest absolute Gasteiger partial charge is 0.303 e. The largest absolute Gasteiger partial charge is 0.481 e. The molecule has 0 rings (SSSR count). The minimum absolute atomic E-state index is 0.0322. The molecule has 0 spiro atoms. The lowest BCUT2D eigenvalue weighted by Crippen LogP contribution is -2.31. The third-order valence-electron chi connectivity index (χ3n) is 5.46. The molecule has 0 aromatic carbocycles. The Balaban J connectivity index is 3.28. The van der Waals surface area contributed by atoms with Crippen molar-refractivity contribution in [1.29, 1.82) is 0 Å². The Bertz CT molecular complexity index is 617. The van der Waals surface area contributed by atoms with E-state index in [1.54, 1.807) is 0 Å². The molecule has 11 heteroatoms. The minimum Gasteiger partial charge on any atom is -0.481 e. The van der Waals surface area contributed by atoms with Crippen LogP contribution >= 0.6 is 0 Å². The van der Waals surface area contributed by atoms with Gasteiger partial charge in [0.05, 0.1) is 39.6 Å². The lowest BCUT2D eigenvalue weighted by molar-refractivity contribution is -0.137. The third kappa shape index (κ3) is 30.1. The van der Waals surface area contributed by atoms with Gasteiger partial charge >= 0.3 is 5.97 Å². The summed E-state index contributed by atoms with van der Waals surface area (Å²) in [5.41, 5.74) is 0. The SMILES string of the molecule is CC(=O)COCCOCCNC(=O)COCCOCCNC(=O)CCCCCCCCCCCCC(=O)O.